The van der Waals surface area contributed by atoms with E-state index in [2.05, 4.69) is 26.2 Å². The summed E-state index contributed by atoms with van der Waals surface area (Å²) in [6.45, 7) is 7.54. The number of H-pyrrole nitrogens is 1. The number of aromatic nitrogens is 1. The van der Waals surface area contributed by atoms with Crippen molar-refractivity contribution >= 4 is 39.1 Å². The lowest BCUT2D eigenvalue weighted by Gasteiger charge is -2.08. The highest BCUT2D eigenvalue weighted by molar-refractivity contribution is 9.11. The molecule has 5 nitrogen and oxygen atoms in total. The van der Waals surface area contributed by atoms with Crippen LogP contribution in [-0.2, 0) is 11.3 Å². The molecule has 0 aliphatic rings. The van der Waals surface area contributed by atoms with Gasteiger partial charge < -0.3 is 15.0 Å². The molecule has 0 radical (unpaired) electrons. The average Bonchev–Trinajstić information content (AvgIpc) is 2.99. The Bertz CT molecular complexity index is 734. The largest absolute Gasteiger partial charge is 0.459 e. The normalized spacial score (nSPS) is 10.9. The van der Waals surface area contributed by atoms with Crippen LogP contribution < -0.4 is 5.32 Å². The van der Waals surface area contributed by atoms with Gasteiger partial charge in [0.25, 0.3) is 5.91 Å². The third-order valence-corrected chi connectivity index (χ3v) is 4.89. The second-order valence-electron chi connectivity index (χ2n) is 5.47. The summed E-state index contributed by atoms with van der Waals surface area (Å²) >= 11 is 4.96. The van der Waals surface area contributed by atoms with Gasteiger partial charge in [-0.25, -0.2) is 4.79 Å². The second kappa shape index (κ2) is 7.31. The number of carbonyl (C=O) groups excluding carboxylic acids is 2. The fraction of sp³-hybridized carbons (Fsp3) is 0.375. The highest BCUT2D eigenvalue weighted by Gasteiger charge is 2.23. The Balaban J connectivity index is 2.13. The number of ether oxygens (including phenoxy) is 1. The first-order chi connectivity index (χ1) is 10.8. The molecule has 0 spiro atoms. The van der Waals surface area contributed by atoms with E-state index in [9.17, 15) is 9.59 Å². The molecule has 0 fully saturated rings. The molecule has 2 rings (SSSR count). The van der Waals surface area contributed by atoms with Crippen molar-refractivity contribution in [1.82, 2.24) is 10.3 Å². The van der Waals surface area contributed by atoms with Gasteiger partial charge in [0, 0.05) is 10.6 Å². The molecule has 0 saturated heterocycles. The number of hydrogen-bond acceptors (Lipinski definition) is 4. The third-order valence-electron chi connectivity index (χ3n) is 3.26. The molecule has 124 valence electrons. The minimum absolute atomic E-state index is 0.203. The van der Waals surface area contributed by atoms with E-state index in [1.807, 2.05) is 12.1 Å². The minimum Gasteiger partial charge on any atom is -0.459 e. The molecular formula is C16H19BrN2O3S. The van der Waals surface area contributed by atoms with Gasteiger partial charge in [0.1, 0.15) is 5.69 Å². The lowest BCUT2D eigenvalue weighted by molar-refractivity contribution is 0.0376. The summed E-state index contributed by atoms with van der Waals surface area (Å²) in [7, 11) is 0. The SMILES string of the molecule is Cc1[nH]c(C(=O)NCc2ccc(Br)s2)c(C)c1C(=O)OC(C)C. The molecule has 0 atom stereocenters. The molecule has 7 heteroatoms. The fourth-order valence-electron chi connectivity index (χ4n) is 2.26. The maximum Gasteiger partial charge on any atom is 0.340 e. The number of amides is 1. The Labute approximate surface area is 147 Å². The van der Waals surface area contributed by atoms with E-state index >= 15 is 0 Å². The van der Waals surface area contributed by atoms with Crippen molar-refractivity contribution in [2.75, 3.05) is 0 Å². The Kier molecular flexibility index (Phi) is 5.64. The topological polar surface area (TPSA) is 71.2 Å². The van der Waals surface area contributed by atoms with Crippen LogP contribution in [0.5, 0.6) is 0 Å². The maximum atomic E-state index is 12.4. The molecule has 0 saturated carbocycles. The fourth-order valence-corrected chi connectivity index (χ4v) is 3.68. The lowest BCUT2D eigenvalue weighted by Crippen LogP contribution is -2.23. The molecule has 1 amide bonds. The van der Waals surface area contributed by atoms with Crippen LogP contribution in [0.4, 0.5) is 0 Å². The van der Waals surface area contributed by atoms with Crippen molar-refractivity contribution in [1.29, 1.82) is 0 Å². The predicted octanol–water partition coefficient (Wildman–Crippen LogP) is 3.95. The smallest absolute Gasteiger partial charge is 0.340 e. The molecular weight excluding hydrogens is 380 g/mol. The van der Waals surface area contributed by atoms with E-state index in [4.69, 9.17) is 4.74 Å². The molecule has 2 N–H and O–H groups in total. The van der Waals surface area contributed by atoms with E-state index in [0.717, 1.165) is 8.66 Å². The molecule has 0 bridgehead atoms. The van der Waals surface area contributed by atoms with Crippen LogP contribution in [-0.4, -0.2) is 23.0 Å². The zero-order valence-electron chi connectivity index (χ0n) is 13.5. The summed E-state index contributed by atoms with van der Waals surface area (Å²) in [6, 6.07) is 3.89. The van der Waals surface area contributed by atoms with Crippen LogP contribution in [0.1, 0.15) is 50.8 Å². The van der Waals surface area contributed by atoms with Gasteiger partial charge in [-0.15, -0.1) is 11.3 Å². The number of rotatable bonds is 5. The van der Waals surface area contributed by atoms with E-state index < -0.39 is 5.97 Å². The molecule has 23 heavy (non-hydrogen) atoms. The van der Waals surface area contributed by atoms with E-state index in [1.54, 1.807) is 39.0 Å². The standard InChI is InChI=1S/C16H19BrN2O3S/c1-8(2)22-16(21)13-9(3)14(19-10(13)4)15(20)18-7-11-5-6-12(17)23-11/h5-6,8,19H,7H2,1-4H3,(H,18,20). The summed E-state index contributed by atoms with van der Waals surface area (Å²) < 4.78 is 6.25. The van der Waals surface area contributed by atoms with Gasteiger partial charge >= 0.3 is 5.97 Å². The Morgan fingerprint density at radius 2 is 2.04 bits per heavy atom. The zero-order valence-corrected chi connectivity index (χ0v) is 15.9. The second-order valence-corrected chi connectivity index (χ2v) is 8.02. The predicted molar refractivity (Wildman–Crippen MR) is 94.0 cm³/mol. The molecule has 0 aliphatic heterocycles. The van der Waals surface area contributed by atoms with Crippen molar-refractivity contribution in [3.05, 3.63) is 43.3 Å². The van der Waals surface area contributed by atoms with E-state index in [0.29, 0.717) is 29.1 Å². The number of aromatic amines is 1. The van der Waals surface area contributed by atoms with Crippen LogP contribution in [0, 0.1) is 13.8 Å². The van der Waals surface area contributed by atoms with Gasteiger partial charge in [0.15, 0.2) is 0 Å². The Morgan fingerprint density at radius 3 is 2.61 bits per heavy atom. The molecule has 2 heterocycles. The Hall–Kier alpha value is -1.60. The summed E-state index contributed by atoms with van der Waals surface area (Å²) in [6.07, 6.45) is -0.203. The molecule has 0 aromatic carbocycles. The van der Waals surface area contributed by atoms with E-state index in [-0.39, 0.29) is 12.0 Å². The van der Waals surface area contributed by atoms with Crippen molar-refractivity contribution in [2.24, 2.45) is 0 Å². The van der Waals surface area contributed by atoms with E-state index in [1.165, 1.54) is 0 Å². The number of halogens is 1. The van der Waals surface area contributed by atoms with Crippen LogP contribution in [0.3, 0.4) is 0 Å². The maximum absolute atomic E-state index is 12.4. The molecule has 0 aliphatic carbocycles. The van der Waals surface area contributed by atoms with Crippen LogP contribution in [0.15, 0.2) is 15.9 Å². The van der Waals surface area contributed by atoms with Gasteiger partial charge in [-0.3, -0.25) is 4.79 Å². The van der Waals surface area contributed by atoms with Gasteiger partial charge in [-0.05, 0) is 61.3 Å². The lowest BCUT2D eigenvalue weighted by atomic mass is 10.1. The first-order valence-electron chi connectivity index (χ1n) is 7.22. The number of esters is 1. The summed E-state index contributed by atoms with van der Waals surface area (Å²) in [5.74, 6) is -0.647. The molecule has 2 aromatic rings. The first-order valence-corrected chi connectivity index (χ1v) is 8.83. The quantitative estimate of drug-likeness (QED) is 0.748. The number of thiophene rings is 1. The van der Waals surface area contributed by atoms with Crippen molar-refractivity contribution in [3.63, 3.8) is 0 Å². The van der Waals surface area contributed by atoms with Gasteiger partial charge in [-0.2, -0.15) is 0 Å². The van der Waals surface area contributed by atoms with Crippen LogP contribution in [0.25, 0.3) is 0 Å². The van der Waals surface area contributed by atoms with Crippen molar-refractivity contribution < 1.29 is 14.3 Å². The van der Waals surface area contributed by atoms with Gasteiger partial charge in [0.05, 0.1) is 22.0 Å². The molecule has 0 unspecified atom stereocenters. The van der Waals surface area contributed by atoms with Crippen molar-refractivity contribution in [2.45, 2.75) is 40.3 Å². The summed E-state index contributed by atoms with van der Waals surface area (Å²) in [5, 5.41) is 2.86. The monoisotopic (exact) mass is 398 g/mol. The zero-order chi connectivity index (χ0) is 17.1. The number of nitrogens with one attached hydrogen (secondary N) is 2. The average molecular weight is 399 g/mol. The van der Waals surface area contributed by atoms with Crippen molar-refractivity contribution in [3.8, 4) is 0 Å². The highest BCUT2D eigenvalue weighted by atomic mass is 79.9. The summed E-state index contributed by atoms with van der Waals surface area (Å²) in [4.78, 5) is 28.5. The van der Waals surface area contributed by atoms with Crippen LogP contribution in [0.2, 0.25) is 0 Å². The Morgan fingerprint density at radius 1 is 1.35 bits per heavy atom. The highest BCUT2D eigenvalue weighted by Crippen LogP contribution is 2.23. The van der Waals surface area contributed by atoms with Gasteiger partial charge in [-0.1, -0.05) is 0 Å². The number of carbonyl (C=O) groups is 2. The minimum atomic E-state index is -0.410. The first kappa shape index (κ1) is 17.7. The third kappa shape index (κ3) is 4.23. The number of hydrogen-bond donors (Lipinski definition) is 2. The number of aryl methyl sites for hydroxylation is 1. The van der Waals surface area contributed by atoms with Crippen LogP contribution >= 0.6 is 27.3 Å². The van der Waals surface area contributed by atoms with Gasteiger partial charge in [0.2, 0.25) is 0 Å². The summed E-state index contributed by atoms with van der Waals surface area (Å²) in [5.41, 5.74) is 2.08. The molecule has 2 aromatic heterocycles.